The van der Waals surface area contributed by atoms with Crippen LogP contribution in [0, 0.1) is 0 Å². The summed E-state index contributed by atoms with van der Waals surface area (Å²) in [4.78, 5) is 0. The maximum absolute atomic E-state index is 10.1. The first kappa shape index (κ1) is 30.6. The van der Waals surface area contributed by atoms with Gasteiger partial charge < -0.3 is 10.2 Å². The van der Waals surface area contributed by atoms with Crippen molar-refractivity contribution in [1.82, 2.24) is 0 Å². The van der Waals surface area contributed by atoms with E-state index < -0.39 is 0 Å². The van der Waals surface area contributed by atoms with Gasteiger partial charge in [0.15, 0.2) is 0 Å². The van der Waals surface area contributed by atoms with E-state index in [0.717, 1.165) is 35.9 Å². The van der Waals surface area contributed by atoms with Crippen molar-refractivity contribution < 1.29 is 10.2 Å². The van der Waals surface area contributed by atoms with Crippen molar-refractivity contribution >= 4 is 23.5 Å². The van der Waals surface area contributed by atoms with Gasteiger partial charge in [-0.05, 0) is 12.8 Å². The molecule has 0 rings (SSSR count). The molecule has 0 saturated carbocycles. The van der Waals surface area contributed by atoms with E-state index in [9.17, 15) is 10.2 Å². The Morgan fingerprint density at radius 2 is 0.767 bits per heavy atom. The van der Waals surface area contributed by atoms with E-state index >= 15 is 0 Å². The Hall–Kier alpha value is 0.620. The van der Waals surface area contributed by atoms with Gasteiger partial charge in [-0.2, -0.15) is 23.5 Å². The van der Waals surface area contributed by atoms with E-state index in [1.54, 1.807) is 0 Å². The lowest BCUT2D eigenvalue weighted by Gasteiger charge is -2.11. The van der Waals surface area contributed by atoms with Crippen LogP contribution in [0.3, 0.4) is 0 Å². The predicted molar refractivity (Wildman–Crippen MR) is 141 cm³/mol. The zero-order valence-electron chi connectivity index (χ0n) is 20.4. The molecule has 0 aliphatic rings. The molecule has 0 aliphatic heterocycles. The molecule has 0 spiro atoms. The summed E-state index contributed by atoms with van der Waals surface area (Å²) in [5, 5.41) is 20.2. The summed E-state index contributed by atoms with van der Waals surface area (Å²) in [6, 6.07) is 0. The molecule has 4 heteroatoms. The number of aliphatic hydroxyl groups is 2. The summed E-state index contributed by atoms with van der Waals surface area (Å²) in [6.45, 7) is 4.53. The third-order valence-corrected chi connectivity index (χ3v) is 8.26. The maximum Gasteiger partial charge on any atom is 0.0630 e. The summed E-state index contributed by atoms with van der Waals surface area (Å²) >= 11 is 3.74. The molecule has 0 aromatic heterocycles. The average molecular weight is 463 g/mol. The molecule has 0 amide bonds. The minimum Gasteiger partial charge on any atom is -0.392 e. The van der Waals surface area contributed by atoms with Crippen LogP contribution >= 0.6 is 23.5 Å². The van der Waals surface area contributed by atoms with Crippen LogP contribution in [0.25, 0.3) is 0 Å². The van der Waals surface area contributed by atoms with Crippen LogP contribution in [0.2, 0.25) is 0 Å². The zero-order chi connectivity index (χ0) is 22.1. The predicted octanol–water partition coefficient (Wildman–Crippen LogP) is 8.24. The Balaban J connectivity index is 3.25. The second kappa shape index (κ2) is 25.9. The minimum absolute atomic E-state index is 0.132. The fourth-order valence-corrected chi connectivity index (χ4v) is 5.90. The molecule has 0 aromatic rings. The lowest BCUT2D eigenvalue weighted by atomic mass is 10.1. The highest BCUT2D eigenvalue weighted by atomic mass is 32.2. The largest absolute Gasteiger partial charge is 0.392 e. The normalized spacial score (nSPS) is 13.6. The first-order chi connectivity index (χ1) is 14.7. The molecule has 30 heavy (non-hydrogen) atoms. The van der Waals surface area contributed by atoms with Gasteiger partial charge in [0.2, 0.25) is 0 Å². The highest BCUT2D eigenvalue weighted by Gasteiger charge is 2.06. The smallest absolute Gasteiger partial charge is 0.0630 e. The SMILES string of the molecule is CCCCCCCCCCC(O)CSCCSCC(O)CCCCCCCCCC. The van der Waals surface area contributed by atoms with E-state index in [1.807, 2.05) is 23.5 Å². The molecule has 0 bridgehead atoms. The van der Waals surface area contributed by atoms with Crippen LogP contribution in [-0.4, -0.2) is 45.4 Å². The lowest BCUT2D eigenvalue weighted by molar-refractivity contribution is 0.184. The van der Waals surface area contributed by atoms with Crippen molar-refractivity contribution in [2.45, 2.75) is 142 Å². The Morgan fingerprint density at radius 3 is 1.10 bits per heavy atom. The number of aliphatic hydroxyl groups excluding tert-OH is 2. The van der Waals surface area contributed by atoms with Gasteiger partial charge in [-0.3, -0.25) is 0 Å². The van der Waals surface area contributed by atoms with Crippen LogP contribution in [0.1, 0.15) is 129 Å². The summed E-state index contributed by atoms with van der Waals surface area (Å²) in [5.74, 6) is 3.92. The highest BCUT2D eigenvalue weighted by molar-refractivity contribution is 8.02. The van der Waals surface area contributed by atoms with E-state index in [2.05, 4.69) is 13.8 Å². The van der Waals surface area contributed by atoms with Gasteiger partial charge in [0.05, 0.1) is 12.2 Å². The molecule has 2 atom stereocenters. The number of hydrogen-bond donors (Lipinski definition) is 2. The monoisotopic (exact) mass is 462 g/mol. The summed E-state index contributed by atoms with van der Waals surface area (Å²) < 4.78 is 0. The highest BCUT2D eigenvalue weighted by Crippen LogP contribution is 2.16. The molecule has 0 fully saturated rings. The second-order valence-corrected chi connectivity index (χ2v) is 11.3. The Morgan fingerprint density at radius 1 is 0.467 bits per heavy atom. The van der Waals surface area contributed by atoms with Crippen molar-refractivity contribution in [3.63, 3.8) is 0 Å². The maximum atomic E-state index is 10.1. The standard InChI is InChI=1S/C26H54O2S2/c1-3-5-7-9-11-13-15-17-19-25(27)23-29-21-22-30-24-26(28)20-18-16-14-12-10-8-6-4-2/h25-28H,3-24H2,1-2H3. The van der Waals surface area contributed by atoms with Gasteiger partial charge in [-0.25, -0.2) is 0 Å². The molecule has 0 aliphatic carbocycles. The van der Waals surface area contributed by atoms with Crippen LogP contribution in [0.4, 0.5) is 0 Å². The molecule has 0 radical (unpaired) electrons. The third-order valence-electron chi connectivity index (χ3n) is 5.77. The molecular weight excluding hydrogens is 408 g/mol. The number of rotatable bonds is 25. The van der Waals surface area contributed by atoms with E-state index in [0.29, 0.717) is 0 Å². The number of thioether (sulfide) groups is 2. The quantitative estimate of drug-likeness (QED) is 0.134. The van der Waals surface area contributed by atoms with Crippen molar-refractivity contribution in [3.8, 4) is 0 Å². The van der Waals surface area contributed by atoms with Crippen LogP contribution in [-0.2, 0) is 0 Å². The molecule has 0 heterocycles. The van der Waals surface area contributed by atoms with Crippen LogP contribution < -0.4 is 0 Å². The van der Waals surface area contributed by atoms with E-state index in [4.69, 9.17) is 0 Å². The van der Waals surface area contributed by atoms with Gasteiger partial charge in [0.25, 0.3) is 0 Å². The van der Waals surface area contributed by atoms with Gasteiger partial charge in [0.1, 0.15) is 0 Å². The molecule has 2 unspecified atom stereocenters. The first-order valence-electron chi connectivity index (χ1n) is 13.2. The second-order valence-electron chi connectivity index (χ2n) is 8.98. The third kappa shape index (κ3) is 24.9. The van der Waals surface area contributed by atoms with Crippen molar-refractivity contribution in [2.24, 2.45) is 0 Å². The summed E-state index contributed by atoms with van der Waals surface area (Å²) in [7, 11) is 0. The number of unbranched alkanes of at least 4 members (excludes halogenated alkanes) is 14. The summed E-state index contributed by atoms with van der Waals surface area (Å²) in [5.41, 5.74) is 0. The topological polar surface area (TPSA) is 40.5 Å². The van der Waals surface area contributed by atoms with Crippen molar-refractivity contribution in [1.29, 1.82) is 0 Å². The Kier molecular flexibility index (Phi) is 26.4. The molecule has 0 aromatic carbocycles. The molecule has 182 valence electrons. The molecule has 0 saturated heterocycles. The Bertz CT molecular complexity index is 285. The molecule has 2 N–H and O–H groups in total. The first-order valence-corrected chi connectivity index (χ1v) is 15.5. The van der Waals surface area contributed by atoms with Gasteiger partial charge in [0, 0.05) is 23.0 Å². The lowest BCUT2D eigenvalue weighted by Crippen LogP contribution is -2.12. The Labute approximate surface area is 198 Å². The average Bonchev–Trinajstić information content (AvgIpc) is 2.74. The van der Waals surface area contributed by atoms with Crippen molar-refractivity contribution in [3.05, 3.63) is 0 Å². The van der Waals surface area contributed by atoms with Gasteiger partial charge in [-0.15, -0.1) is 0 Å². The zero-order valence-corrected chi connectivity index (χ0v) is 22.1. The summed E-state index contributed by atoms with van der Waals surface area (Å²) in [6.07, 6.45) is 22.9. The fraction of sp³-hybridized carbons (Fsp3) is 1.00. The van der Waals surface area contributed by atoms with Crippen LogP contribution in [0.15, 0.2) is 0 Å². The van der Waals surface area contributed by atoms with Gasteiger partial charge in [-0.1, -0.05) is 117 Å². The van der Waals surface area contributed by atoms with Crippen LogP contribution in [0.5, 0.6) is 0 Å². The minimum atomic E-state index is -0.132. The molecular formula is C26H54O2S2. The molecule has 2 nitrogen and oxygen atoms in total. The van der Waals surface area contributed by atoms with Gasteiger partial charge >= 0.3 is 0 Å². The van der Waals surface area contributed by atoms with Crippen molar-refractivity contribution in [2.75, 3.05) is 23.0 Å². The fourth-order valence-electron chi connectivity index (χ4n) is 3.75. The van der Waals surface area contributed by atoms with E-state index in [-0.39, 0.29) is 12.2 Å². The number of hydrogen-bond acceptors (Lipinski definition) is 4. The van der Waals surface area contributed by atoms with E-state index in [1.165, 1.54) is 103 Å².